The van der Waals surface area contributed by atoms with Gasteiger partial charge in [-0.1, -0.05) is 18.2 Å². The third kappa shape index (κ3) is 3.03. The van der Waals surface area contributed by atoms with Crippen molar-refractivity contribution >= 4 is 5.91 Å². The zero-order valence-electron chi connectivity index (χ0n) is 9.95. The molecular weight excluding hydrogens is 219 g/mol. The van der Waals surface area contributed by atoms with Gasteiger partial charge in [-0.05, 0) is 12.5 Å². The number of likely N-dealkylation sites (tertiary alicyclic amines) is 1. The fourth-order valence-corrected chi connectivity index (χ4v) is 2.07. The largest absolute Gasteiger partial charge is 0.344 e. The summed E-state index contributed by atoms with van der Waals surface area (Å²) in [6.45, 7) is 1.21. The molecule has 1 aliphatic heterocycles. The number of nitrogens with zero attached hydrogens (tertiary/aromatic N) is 1. The van der Waals surface area contributed by atoms with Crippen molar-refractivity contribution in [2.45, 2.75) is 25.4 Å². The van der Waals surface area contributed by atoms with E-state index in [1.165, 1.54) is 6.07 Å². The van der Waals surface area contributed by atoms with Gasteiger partial charge in [0.2, 0.25) is 5.91 Å². The summed E-state index contributed by atoms with van der Waals surface area (Å²) in [6.07, 6.45) is 1.41. The Bertz CT molecular complexity index is 408. The van der Waals surface area contributed by atoms with Crippen LogP contribution in [0.15, 0.2) is 24.3 Å². The van der Waals surface area contributed by atoms with Crippen molar-refractivity contribution in [3.63, 3.8) is 0 Å². The van der Waals surface area contributed by atoms with Gasteiger partial charge in [-0.25, -0.2) is 4.39 Å². The molecule has 2 rings (SSSR count). The van der Waals surface area contributed by atoms with Crippen LogP contribution in [0.3, 0.4) is 0 Å². The number of likely N-dealkylation sites (N-methyl/N-ethyl adjacent to an activating group) is 1. The summed E-state index contributed by atoms with van der Waals surface area (Å²) in [4.78, 5) is 13.0. The topological polar surface area (TPSA) is 32.3 Å². The molecule has 0 radical (unpaired) electrons. The number of benzene rings is 1. The Morgan fingerprint density at radius 1 is 1.47 bits per heavy atom. The summed E-state index contributed by atoms with van der Waals surface area (Å²) in [5, 5.41) is 3.30. The van der Waals surface area contributed by atoms with Crippen molar-refractivity contribution < 1.29 is 9.18 Å². The van der Waals surface area contributed by atoms with E-state index in [0.29, 0.717) is 25.1 Å². The van der Waals surface area contributed by atoms with Crippen LogP contribution in [0.4, 0.5) is 4.39 Å². The highest BCUT2D eigenvalue weighted by molar-refractivity contribution is 5.76. The molecule has 0 aromatic heterocycles. The molecule has 1 saturated heterocycles. The number of nitrogens with one attached hydrogen (secondary N) is 1. The van der Waals surface area contributed by atoms with Crippen molar-refractivity contribution in [3.8, 4) is 0 Å². The third-order valence-corrected chi connectivity index (χ3v) is 3.17. The first-order valence-electron chi connectivity index (χ1n) is 5.87. The van der Waals surface area contributed by atoms with Crippen LogP contribution in [0, 0.1) is 5.82 Å². The number of amides is 1. The van der Waals surface area contributed by atoms with E-state index >= 15 is 0 Å². The summed E-state index contributed by atoms with van der Waals surface area (Å²) in [6, 6.07) is 7.02. The van der Waals surface area contributed by atoms with Crippen LogP contribution in [-0.2, 0) is 11.3 Å². The lowest BCUT2D eigenvalue weighted by molar-refractivity contribution is -0.132. The lowest BCUT2D eigenvalue weighted by Crippen LogP contribution is -2.46. The Balaban J connectivity index is 1.87. The number of piperidine rings is 1. The van der Waals surface area contributed by atoms with E-state index in [1.54, 1.807) is 24.1 Å². The van der Waals surface area contributed by atoms with E-state index in [1.807, 2.05) is 6.07 Å². The molecule has 1 unspecified atom stereocenters. The Morgan fingerprint density at radius 3 is 2.94 bits per heavy atom. The number of halogens is 1. The van der Waals surface area contributed by atoms with E-state index < -0.39 is 0 Å². The smallest absolute Gasteiger partial charge is 0.222 e. The molecule has 1 atom stereocenters. The number of carbonyl (C=O) groups is 1. The maximum Gasteiger partial charge on any atom is 0.222 e. The van der Waals surface area contributed by atoms with Crippen LogP contribution < -0.4 is 5.32 Å². The van der Waals surface area contributed by atoms with Crippen LogP contribution in [0.2, 0.25) is 0 Å². The Morgan fingerprint density at radius 2 is 2.24 bits per heavy atom. The lowest BCUT2D eigenvalue weighted by Gasteiger charge is -2.30. The van der Waals surface area contributed by atoms with Crippen molar-refractivity contribution in [1.29, 1.82) is 0 Å². The molecule has 1 fully saturated rings. The molecule has 0 spiro atoms. The van der Waals surface area contributed by atoms with Gasteiger partial charge in [0.15, 0.2) is 0 Å². The molecule has 17 heavy (non-hydrogen) atoms. The van der Waals surface area contributed by atoms with E-state index in [0.717, 1.165) is 6.42 Å². The van der Waals surface area contributed by atoms with E-state index in [-0.39, 0.29) is 17.8 Å². The van der Waals surface area contributed by atoms with Gasteiger partial charge in [0.05, 0.1) is 0 Å². The van der Waals surface area contributed by atoms with Gasteiger partial charge < -0.3 is 10.2 Å². The number of rotatable bonds is 3. The summed E-state index contributed by atoms with van der Waals surface area (Å²) < 4.78 is 13.4. The number of hydrogen-bond donors (Lipinski definition) is 1. The van der Waals surface area contributed by atoms with Crippen molar-refractivity contribution in [3.05, 3.63) is 35.6 Å². The average Bonchev–Trinajstić information content (AvgIpc) is 2.32. The second-order valence-electron chi connectivity index (χ2n) is 4.48. The highest BCUT2D eigenvalue weighted by atomic mass is 19.1. The van der Waals surface area contributed by atoms with E-state index in [4.69, 9.17) is 0 Å². The minimum atomic E-state index is -0.180. The van der Waals surface area contributed by atoms with Crippen molar-refractivity contribution in [1.82, 2.24) is 10.2 Å². The van der Waals surface area contributed by atoms with Gasteiger partial charge in [0, 0.05) is 38.2 Å². The molecule has 92 valence electrons. The minimum absolute atomic E-state index is 0.180. The van der Waals surface area contributed by atoms with Gasteiger partial charge in [0.25, 0.3) is 0 Å². The van der Waals surface area contributed by atoms with Crippen LogP contribution in [0.25, 0.3) is 0 Å². The second kappa shape index (κ2) is 5.27. The monoisotopic (exact) mass is 236 g/mol. The van der Waals surface area contributed by atoms with Crippen molar-refractivity contribution in [2.24, 2.45) is 0 Å². The zero-order valence-corrected chi connectivity index (χ0v) is 9.95. The fraction of sp³-hybridized carbons (Fsp3) is 0.462. The quantitative estimate of drug-likeness (QED) is 0.863. The van der Waals surface area contributed by atoms with E-state index in [2.05, 4.69) is 5.32 Å². The predicted octanol–water partition coefficient (Wildman–Crippen LogP) is 1.54. The summed E-state index contributed by atoms with van der Waals surface area (Å²) in [5.41, 5.74) is 0.673. The first-order valence-corrected chi connectivity index (χ1v) is 5.87. The Hall–Kier alpha value is -1.42. The summed E-state index contributed by atoms with van der Waals surface area (Å²) in [7, 11) is 1.80. The van der Waals surface area contributed by atoms with Gasteiger partial charge >= 0.3 is 0 Å². The molecule has 1 heterocycles. The van der Waals surface area contributed by atoms with Crippen molar-refractivity contribution in [2.75, 3.05) is 13.6 Å². The SMILES string of the molecule is CN1CC(NCc2ccccc2F)CCC1=O. The molecule has 0 saturated carbocycles. The van der Waals surface area contributed by atoms with Gasteiger partial charge in [0.1, 0.15) is 5.82 Å². The minimum Gasteiger partial charge on any atom is -0.344 e. The molecule has 0 aliphatic carbocycles. The molecule has 0 bridgehead atoms. The van der Waals surface area contributed by atoms with Crippen LogP contribution >= 0.6 is 0 Å². The summed E-state index contributed by atoms with van der Waals surface area (Å²) >= 11 is 0. The summed E-state index contributed by atoms with van der Waals surface area (Å²) in [5.74, 6) is 0.00850. The average molecular weight is 236 g/mol. The fourth-order valence-electron chi connectivity index (χ4n) is 2.07. The maximum atomic E-state index is 13.4. The molecule has 1 aromatic rings. The van der Waals surface area contributed by atoms with Gasteiger partial charge in [-0.2, -0.15) is 0 Å². The molecule has 1 aliphatic rings. The third-order valence-electron chi connectivity index (χ3n) is 3.17. The maximum absolute atomic E-state index is 13.4. The molecular formula is C13H17FN2O. The molecule has 1 N–H and O–H groups in total. The number of carbonyl (C=O) groups excluding carboxylic acids is 1. The normalized spacial score (nSPS) is 20.7. The zero-order chi connectivity index (χ0) is 12.3. The molecule has 3 nitrogen and oxygen atoms in total. The van der Waals surface area contributed by atoms with Gasteiger partial charge in [-0.15, -0.1) is 0 Å². The van der Waals surface area contributed by atoms with Gasteiger partial charge in [-0.3, -0.25) is 4.79 Å². The Labute approximate surface area is 101 Å². The van der Waals surface area contributed by atoms with Crippen LogP contribution in [-0.4, -0.2) is 30.4 Å². The van der Waals surface area contributed by atoms with Crippen LogP contribution in [0.1, 0.15) is 18.4 Å². The highest BCUT2D eigenvalue weighted by Crippen LogP contribution is 2.11. The van der Waals surface area contributed by atoms with E-state index in [9.17, 15) is 9.18 Å². The lowest BCUT2D eigenvalue weighted by atomic mass is 10.1. The molecule has 1 aromatic carbocycles. The molecule has 1 amide bonds. The highest BCUT2D eigenvalue weighted by Gasteiger charge is 2.22. The number of hydrogen-bond acceptors (Lipinski definition) is 2. The Kier molecular flexibility index (Phi) is 3.74. The first-order chi connectivity index (χ1) is 8.16. The second-order valence-corrected chi connectivity index (χ2v) is 4.48. The predicted molar refractivity (Wildman–Crippen MR) is 63.9 cm³/mol. The molecule has 4 heteroatoms. The standard InChI is InChI=1S/C13H17FN2O/c1-16-9-11(6-7-13(16)17)15-8-10-4-2-3-5-12(10)14/h2-5,11,15H,6-9H2,1H3. The first kappa shape index (κ1) is 12.0. The van der Waals surface area contributed by atoms with Crippen LogP contribution in [0.5, 0.6) is 0 Å².